The first kappa shape index (κ1) is 15.7. The Morgan fingerprint density at radius 3 is 2.58 bits per heavy atom. The van der Waals surface area contributed by atoms with E-state index in [1.165, 1.54) is 6.07 Å². The van der Waals surface area contributed by atoms with E-state index >= 15 is 0 Å². The second-order valence-electron chi connectivity index (χ2n) is 5.44. The van der Waals surface area contributed by atoms with E-state index < -0.39 is 5.97 Å². The molecular formula is C20H18NO3+. The molecule has 0 atom stereocenters. The van der Waals surface area contributed by atoms with Crippen molar-refractivity contribution in [1.29, 1.82) is 0 Å². The summed E-state index contributed by atoms with van der Waals surface area (Å²) in [6, 6.07) is 16.9. The van der Waals surface area contributed by atoms with E-state index in [0.717, 1.165) is 23.1 Å². The van der Waals surface area contributed by atoms with E-state index in [-0.39, 0.29) is 11.3 Å². The number of nitrogens with zero attached hydrogens (tertiary/aromatic N) is 1. The van der Waals surface area contributed by atoms with Crippen LogP contribution in [0, 0.1) is 0 Å². The van der Waals surface area contributed by atoms with Crippen LogP contribution in [0.3, 0.4) is 0 Å². The molecule has 1 heterocycles. The Balaban J connectivity index is 2.06. The number of rotatable bonds is 4. The van der Waals surface area contributed by atoms with Crippen molar-refractivity contribution in [2.75, 3.05) is 0 Å². The highest BCUT2D eigenvalue weighted by atomic mass is 16.4. The van der Waals surface area contributed by atoms with E-state index in [9.17, 15) is 9.90 Å². The summed E-state index contributed by atoms with van der Waals surface area (Å²) >= 11 is 0. The Labute approximate surface area is 139 Å². The molecule has 0 spiro atoms. The Kier molecular flexibility index (Phi) is 4.29. The van der Waals surface area contributed by atoms with Crippen molar-refractivity contribution in [2.45, 2.75) is 13.5 Å². The van der Waals surface area contributed by atoms with E-state index in [4.69, 9.17) is 5.11 Å². The minimum absolute atomic E-state index is 0.0981. The highest BCUT2D eigenvalue weighted by molar-refractivity contribution is 5.92. The molecule has 0 aliphatic heterocycles. The fourth-order valence-electron chi connectivity index (χ4n) is 2.82. The molecule has 0 saturated carbocycles. The van der Waals surface area contributed by atoms with Crippen molar-refractivity contribution in [3.05, 3.63) is 71.4 Å². The number of phenols is 1. The molecule has 0 aliphatic rings. The molecule has 2 aromatic carbocycles. The van der Waals surface area contributed by atoms with Gasteiger partial charge in [-0.1, -0.05) is 24.3 Å². The fourth-order valence-corrected chi connectivity index (χ4v) is 2.82. The Hall–Kier alpha value is -3.14. The number of aromatic nitrogens is 1. The van der Waals surface area contributed by atoms with Crippen LogP contribution in [0.5, 0.6) is 5.75 Å². The Bertz CT molecular complexity index is 945. The van der Waals surface area contributed by atoms with Gasteiger partial charge in [0.1, 0.15) is 17.9 Å². The summed E-state index contributed by atoms with van der Waals surface area (Å²) in [4.78, 5) is 11.1. The second-order valence-corrected chi connectivity index (χ2v) is 5.44. The fraction of sp³-hybridized carbons (Fsp3) is 0.100. The molecule has 3 aromatic rings. The number of carboxylic acids is 1. The number of aromatic carboxylic acids is 1. The van der Waals surface area contributed by atoms with Gasteiger partial charge in [0.05, 0.1) is 0 Å². The Morgan fingerprint density at radius 1 is 1.04 bits per heavy atom. The third kappa shape index (κ3) is 2.86. The molecular weight excluding hydrogens is 302 g/mol. The maximum atomic E-state index is 11.1. The number of aromatic hydroxyl groups is 1. The molecule has 0 unspecified atom stereocenters. The number of carbonyl (C=O) groups is 1. The van der Waals surface area contributed by atoms with Gasteiger partial charge in [-0.25, -0.2) is 4.79 Å². The average Bonchev–Trinajstić information content (AvgIpc) is 2.60. The molecule has 0 aliphatic carbocycles. The lowest BCUT2D eigenvalue weighted by Gasteiger charge is -2.04. The number of aryl methyl sites for hydroxylation is 1. The first-order valence-electron chi connectivity index (χ1n) is 7.76. The molecule has 1 aromatic heterocycles. The molecule has 0 bridgehead atoms. The molecule has 0 fully saturated rings. The maximum Gasteiger partial charge on any atom is 0.339 e. The summed E-state index contributed by atoms with van der Waals surface area (Å²) in [6.45, 7) is 2.88. The van der Waals surface area contributed by atoms with Gasteiger partial charge >= 0.3 is 5.97 Å². The van der Waals surface area contributed by atoms with Gasteiger partial charge in [-0.2, -0.15) is 4.57 Å². The maximum absolute atomic E-state index is 11.1. The standard InChI is InChI=1S/C20H17NO3/c1-2-21-16(12-10-14-6-3-4-9-18(14)21)13-11-15-7-5-8-17(19(15)22)20(23)24/h3-13H,2H2,1H3,(H,23,24)/p+1. The predicted molar refractivity (Wildman–Crippen MR) is 93.8 cm³/mol. The van der Waals surface area contributed by atoms with Crippen molar-refractivity contribution in [2.24, 2.45) is 0 Å². The second kappa shape index (κ2) is 6.54. The summed E-state index contributed by atoms with van der Waals surface area (Å²) in [5.41, 5.74) is 2.49. The van der Waals surface area contributed by atoms with Crippen LogP contribution in [0.1, 0.15) is 28.5 Å². The SMILES string of the molecule is CC[n+]1c(/C=C/c2cccc(C(=O)O)c2O)ccc2ccccc21. The minimum Gasteiger partial charge on any atom is -0.506 e. The van der Waals surface area contributed by atoms with Gasteiger partial charge in [0.2, 0.25) is 11.2 Å². The largest absolute Gasteiger partial charge is 0.506 e. The van der Waals surface area contributed by atoms with Crippen molar-refractivity contribution >= 4 is 29.0 Å². The van der Waals surface area contributed by atoms with Crippen LogP contribution in [-0.4, -0.2) is 16.2 Å². The smallest absolute Gasteiger partial charge is 0.339 e. The van der Waals surface area contributed by atoms with Crippen LogP contribution in [0.4, 0.5) is 0 Å². The van der Waals surface area contributed by atoms with Gasteiger partial charge in [-0.05, 0) is 31.2 Å². The van der Waals surface area contributed by atoms with Gasteiger partial charge in [-0.15, -0.1) is 0 Å². The van der Waals surface area contributed by atoms with Crippen LogP contribution >= 0.6 is 0 Å². The summed E-state index contributed by atoms with van der Waals surface area (Å²) < 4.78 is 2.17. The molecule has 2 N–H and O–H groups in total. The number of pyridine rings is 1. The number of para-hydroxylation sites is 2. The highest BCUT2D eigenvalue weighted by Crippen LogP contribution is 2.24. The minimum atomic E-state index is -1.14. The zero-order valence-electron chi connectivity index (χ0n) is 13.3. The molecule has 4 nitrogen and oxygen atoms in total. The number of hydrogen-bond acceptors (Lipinski definition) is 2. The lowest BCUT2D eigenvalue weighted by atomic mass is 10.1. The molecule has 24 heavy (non-hydrogen) atoms. The molecule has 120 valence electrons. The normalized spacial score (nSPS) is 11.2. The van der Waals surface area contributed by atoms with Crippen molar-refractivity contribution < 1.29 is 19.6 Å². The van der Waals surface area contributed by atoms with Crippen molar-refractivity contribution in [3.8, 4) is 5.75 Å². The van der Waals surface area contributed by atoms with E-state index in [1.807, 2.05) is 24.3 Å². The lowest BCUT2D eigenvalue weighted by Crippen LogP contribution is -2.36. The summed E-state index contributed by atoms with van der Waals surface area (Å²) in [6.07, 6.45) is 3.62. The quantitative estimate of drug-likeness (QED) is 0.720. The molecule has 0 amide bonds. The number of fused-ring (bicyclic) bond motifs is 1. The first-order valence-corrected chi connectivity index (χ1v) is 7.76. The lowest BCUT2D eigenvalue weighted by molar-refractivity contribution is -0.669. The molecule has 4 heteroatoms. The topological polar surface area (TPSA) is 61.4 Å². The molecule has 3 rings (SSSR count). The molecule has 0 radical (unpaired) electrons. The number of hydrogen-bond donors (Lipinski definition) is 2. The monoisotopic (exact) mass is 320 g/mol. The van der Waals surface area contributed by atoms with Crippen LogP contribution in [0.2, 0.25) is 0 Å². The zero-order chi connectivity index (χ0) is 17.1. The summed E-state index contributed by atoms with van der Waals surface area (Å²) in [5, 5.41) is 20.3. The van der Waals surface area contributed by atoms with Gasteiger partial charge in [-0.3, -0.25) is 0 Å². The van der Waals surface area contributed by atoms with E-state index in [2.05, 4.69) is 29.7 Å². The predicted octanol–water partition coefficient (Wildman–Crippen LogP) is 3.72. The van der Waals surface area contributed by atoms with Crippen LogP contribution in [0.15, 0.2) is 54.6 Å². The first-order chi connectivity index (χ1) is 11.6. The summed E-state index contributed by atoms with van der Waals surface area (Å²) in [5.74, 6) is -1.36. The average molecular weight is 320 g/mol. The van der Waals surface area contributed by atoms with Crippen LogP contribution in [0.25, 0.3) is 23.1 Å². The third-order valence-electron chi connectivity index (χ3n) is 4.02. The third-order valence-corrected chi connectivity index (χ3v) is 4.02. The van der Waals surface area contributed by atoms with Gasteiger partial charge in [0.25, 0.3) is 0 Å². The summed E-state index contributed by atoms with van der Waals surface area (Å²) in [7, 11) is 0. The van der Waals surface area contributed by atoms with E-state index in [1.54, 1.807) is 18.2 Å². The van der Waals surface area contributed by atoms with Crippen molar-refractivity contribution in [1.82, 2.24) is 0 Å². The van der Waals surface area contributed by atoms with Gasteiger partial charge in [0, 0.05) is 29.2 Å². The van der Waals surface area contributed by atoms with E-state index in [0.29, 0.717) is 5.56 Å². The molecule has 0 saturated heterocycles. The highest BCUT2D eigenvalue weighted by Gasteiger charge is 2.13. The van der Waals surface area contributed by atoms with Crippen molar-refractivity contribution in [3.63, 3.8) is 0 Å². The number of benzene rings is 2. The van der Waals surface area contributed by atoms with Gasteiger partial charge < -0.3 is 10.2 Å². The van der Waals surface area contributed by atoms with Crippen LogP contribution < -0.4 is 4.57 Å². The van der Waals surface area contributed by atoms with Gasteiger partial charge in [0.15, 0.2) is 0 Å². The van der Waals surface area contributed by atoms with Crippen LogP contribution in [-0.2, 0) is 6.54 Å². The zero-order valence-corrected chi connectivity index (χ0v) is 13.3. The Morgan fingerprint density at radius 2 is 1.83 bits per heavy atom. The number of carboxylic acid groups (broad SMARTS) is 1.